The summed E-state index contributed by atoms with van der Waals surface area (Å²) in [5.41, 5.74) is 0.0922. The van der Waals surface area contributed by atoms with Crippen LogP contribution in [0, 0.1) is 0 Å². The number of alkyl halides is 3. The van der Waals surface area contributed by atoms with Crippen molar-refractivity contribution in [3.63, 3.8) is 0 Å². The van der Waals surface area contributed by atoms with E-state index in [4.69, 9.17) is 4.42 Å². The zero-order valence-electron chi connectivity index (χ0n) is 13.4. The lowest BCUT2D eigenvalue weighted by molar-refractivity contribution is -0.142. The Morgan fingerprint density at radius 1 is 1.36 bits per heavy atom. The number of aromatic nitrogens is 3. The van der Waals surface area contributed by atoms with E-state index in [0.29, 0.717) is 12.1 Å². The molecule has 9 heteroatoms. The molecule has 25 heavy (non-hydrogen) atoms. The second-order valence-electron chi connectivity index (χ2n) is 6.11. The van der Waals surface area contributed by atoms with Gasteiger partial charge in [0, 0.05) is 25.2 Å². The highest BCUT2D eigenvalue weighted by atomic mass is 19.4. The number of nitrogens with one attached hydrogen (secondary N) is 1. The third kappa shape index (κ3) is 2.89. The molecule has 0 amide bonds. The van der Waals surface area contributed by atoms with Crippen molar-refractivity contribution in [1.82, 2.24) is 24.8 Å². The van der Waals surface area contributed by atoms with E-state index in [1.165, 1.54) is 12.5 Å². The molecule has 3 aromatic heterocycles. The largest absolute Gasteiger partial charge is 0.463 e. The smallest absolute Gasteiger partial charge is 0.433 e. The van der Waals surface area contributed by atoms with Gasteiger partial charge in [0.2, 0.25) is 0 Å². The zero-order chi connectivity index (χ0) is 17.6. The van der Waals surface area contributed by atoms with Crippen LogP contribution < -0.4 is 5.32 Å². The predicted octanol–water partition coefficient (Wildman–Crippen LogP) is 2.58. The number of fused-ring (bicyclic) bond motifs is 1. The molecule has 132 valence electrons. The Kier molecular flexibility index (Phi) is 3.77. The number of furan rings is 1. The Morgan fingerprint density at radius 3 is 2.88 bits per heavy atom. The summed E-state index contributed by atoms with van der Waals surface area (Å²) in [7, 11) is 1.97. The summed E-state index contributed by atoms with van der Waals surface area (Å²) in [6, 6.07) is 4.03. The highest BCUT2D eigenvalue weighted by molar-refractivity contribution is 5.60. The fourth-order valence-electron chi connectivity index (χ4n) is 3.08. The molecule has 0 saturated carbocycles. The van der Waals surface area contributed by atoms with Gasteiger partial charge in [-0.1, -0.05) is 0 Å². The van der Waals surface area contributed by atoms with E-state index in [1.807, 2.05) is 7.05 Å². The first kappa shape index (κ1) is 16.1. The van der Waals surface area contributed by atoms with Crippen LogP contribution in [0.3, 0.4) is 0 Å². The first-order valence-corrected chi connectivity index (χ1v) is 7.85. The van der Waals surface area contributed by atoms with Crippen LogP contribution in [-0.4, -0.2) is 46.2 Å². The van der Waals surface area contributed by atoms with Crippen LogP contribution in [-0.2, 0) is 6.18 Å². The first-order valence-electron chi connectivity index (χ1n) is 7.85. The monoisotopic (exact) mass is 351 g/mol. The molecule has 0 spiro atoms. The van der Waals surface area contributed by atoms with Crippen LogP contribution in [0.2, 0.25) is 0 Å². The van der Waals surface area contributed by atoms with Crippen molar-refractivity contribution in [2.75, 3.05) is 26.7 Å². The molecule has 1 saturated heterocycles. The molecule has 1 unspecified atom stereocenters. The van der Waals surface area contributed by atoms with E-state index < -0.39 is 11.9 Å². The third-order valence-corrected chi connectivity index (χ3v) is 4.32. The lowest BCUT2D eigenvalue weighted by atomic mass is 10.1. The van der Waals surface area contributed by atoms with Crippen LogP contribution in [0.15, 0.2) is 35.1 Å². The Bertz CT molecular complexity index is 887. The van der Waals surface area contributed by atoms with Crippen molar-refractivity contribution < 1.29 is 17.6 Å². The predicted molar refractivity (Wildman–Crippen MR) is 83.9 cm³/mol. The Labute approximate surface area is 141 Å². The molecule has 0 bridgehead atoms. The van der Waals surface area contributed by atoms with Crippen LogP contribution >= 0.6 is 0 Å². The molecule has 4 rings (SSSR count). The molecule has 4 heterocycles. The van der Waals surface area contributed by atoms with Crippen molar-refractivity contribution in [2.45, 2.75) is 12.2 Å². The van der Waals surface area contributed by atoms with Gasteiger partial charge in [0.1, 0.15) is 5.69 Å². The van der Waals surface area contributed by atoms with Crippen LogP contribution in [0.1, 0.15) is 17.3 Å². The van der Waals surface area contributed by atoms with E-state index in [2.05, 4.69) is 20.3 Å². The molecule has 1 atom stereocenters. The lowest BCUT2D eigenvalue weighted by Gasteiger charge is -2.30. The molecular formula is C16H16F3N5O. The molecule has 1 aliphatic rings. The fourth-order valence-corrected chi connectivity index (χ4v) is 3.08. The van der Waals surface area contributed by atoms with Crippen LogP contribution in [0.5, 0.6) is 0 Å². The van der Waals surface area contributed by atoms with E-state index in [0.717, 1.165) is 23.7 Å². The van der Waals surface area contributed by atoms with Gasteiger partial charge < -0.3 is 14.6 Å². The topological polar surface area (TPSA) is 58.6 Å². The van der Waals surface area contributed by atoms with Crippen molar-refractivity contribution in [1.29, 1.82) is 0 Å². The SMILES string of the molecule is CN1CCNC(c2cnn3c(C(F)(F)F)cc(-c4ccco4)nc23)C1. The van der Waals surface area contributed by atoms with Gasteiger partial charge in [0.25, 0.3) is 0 Å². The number of halogens is 3. The molecular weight excluding hydrogens is 335 g/mol. The minimum absolute atomic E-state index is 0.128. The van der Waals surface area contributed by atoms with Gasteiger partial charge in [-0.15, -0.1) is 0 Å². The van der Waals surface area contributed by atoms with Crippen molar-refractivity contribution in [3.8, 4) is 11.5 Å². The highest BCUT2D eigenvalue weighted by Gasteiger charge is 2.36. The maximum Gasteiger partial charge on any atom is 0.433 e. The number of rotatable bonds is 2. The maximum atomic E-state index is 13.5. The number of hydrogen-bond donors (Lipinski definition) is 1. The van der Waals surface area contributed by atoms with E-state index in [-0.39, 0.29) is 23.1 Å². The van der Waals surface area contributed by atoms with E-state index >= 15 is 0 Å². The minimum atomic E-state index is -4.55. The molecule has 0 aliphatic carbocycles. The number of nitrogens with zero attached hydrogens (tertiary/aromatic N) is 4. The second kappa shape index (κ2) is 5.85. The Hall–Kier alpha value is -2.39. The summed E-state index contributed by atoms with van der Waals surface area (Å²) in [6.45, 7) is 2.31. The summed E-state index contributed by atoms with van der Waals surface area (Å²) < 4.78 is 46.6. The van der Waals surface area contributed by atoms with E-state index in [9.17, 15) is 13.2 Å². The normalized spacial score (nSPS) is 19.6. The number of hydrogen-bond acceptors (Lipinski definition) is 5. The van der Waals surface area contributed by atoms with Gasteiger partial charge >= 0.3 is 6.18 Å². The summed E-state index contributed by atoms with van der Waals surface area (Å²) in [5.74, 6) is 0.286. The summed E-state index contributed by atoms with van der Waals surface area (Å²) in [6.07, 6.45) is -1.69. The van der Waals surface area contributed by atoms with Gasteiger partial charge in [-0.3, -0.25) is 0 Å². The Balaban J connectivity index is 1.90. The highest BCUT2D eigenvalue weighted by Crippen LogP contribution is 2.34. The average Bonchev–Trinajstić information content (AvgIpc) is 3.22. The second-order valence-corrected chi connectivity index (χ2v) is 6.11. The van der Waals surface area contributed by atoms with Crippen molar-refractivity contribution in [2.24, 2.45) is 0 Å². The quantitative estimate of drug-likeness (QED) is 0.769. The number of piperazine rings is 1. The third-order valence-electron chi connectivity index (χ3n) is 4.32. The number of likely N-dealkylation sites (N-methyl/N-ethyl adjacent to an activating group) is 1. The lowest BCUT2D eigenvalue weighted by Crippen LogP contribution is -2.43. The van der Waals surface area contributed by atoms with Crippen LogP contribution in [0.25, 0.3) is 17.1 Å². The summed E-state index contributed by atoms with van der Waals surface area (Å²) >= 11 is 0. The maximum absolute atomic E-state index is 13.5. The molecule has 1 fully saturated rings. The molecule has 1 N–H and O–H groups in total. The summed E-state index contributed by atoms with van der Waals surface area (Å²) in [4.78, 5) is 6.52. The van der Waals surface area contributed by atoms with Gasteiger partial charge in [0.05, 0.1) is 18.5 Å². The molecule has 1 aliphatic heterocycles. The average molecular weight is 351 g/mol. The standard InChI is InChI=1S/C16H16F3N5O/c1-23-5-4-20-12(9-23)10-8-21-24-14(16(17,18)19)7-11(22-15(10)24)13-3-2-6-25-13/h2-3,6-8,12,20H,4-5,9H2,1H3. The van der Waals surface area contributed by atoms with Gasteiger partial charge in [-0.25, -0.2) is 9.50 Å². The van der Waals surface area contributed by atoms with Crippen LogP contribution in [0.4, 0.5) is 13.2 Å². The molecule has 0 radical (unpaired) electrons. The summed E-state index contributed by atoms with van der Waals surface area (Å²) in [5, 5.41) is 7.27. The van der Waals surface area contributed by atoms with Crippen molar-refractivity contribution in [3.05, 3.63) is 41.9 Å². The molecule has 3 aromatic rings. The van der Waals surface area contributed by atoms with Gasteiger partial charge in [-0.2, -0.15) is 18.3 Å². The Morgan fingerprint density at radius 2 is 2.20 bits per heavy atom. The van der Waals surface area contributed by atoms with E-state index in [1.54, 1.807) is 12.1 Å². The van der Waals surface area contributed by atoms with Crippen molar-refractivity contribution >= 4 is 5.65 Å². The first-order chi connectivity index (χ1) is 11.9. The molecule has 0 aromatic carbocycles. The molecule has 6 nitrogen and oxygen atoms in total. The fraction of sp³-hybridized carbons (Fsp3) is 0.375. The van der Waals surface area contributed by atoms with Gasteiger partial charge in [-0.05, 0) is 25.2 Å². The zero-order valence-corrected chi connectivity index (χ0v) is 13.4. The minimum Gasteiger partial charge on any atom is -0.463 e. The van der Waals surface area contributed by atoms with Gasteiger partial charge in [0.15, 0.2) is 17.1 Å².